The van der Waals surface area contributed by atoms with Crippen LogP contribution in [0.2, 0.25) is 0 Å². The summed E-state index contributed by atoms with van der Waals surface area (Å²) < 4.78 is 18.8. The molecule has 1 heterocycles. The zero-order valence-corrected chi connectivity index (χ0v) is 13.8. The lowest BCUT2D eigenvalue weighted by atomic mass is 10.1. The Morgan fingerprint density at radius 3 is 2.40 bits per heavy atom. The van der Waals surface area contributed by atoms with Gasteiger partial charge in [-0.3, -0.25) is 4.79 Å². The minimum Gasteiger partial charge on any atom is -0.422 e. The van der Waals surface area contributed by atoms with Gasteiger partial charge in [-0.15, -0.1) is 11.3 Å². The maximum absolute atomic E-state index is 13.5. The van der Waals surface area contributed by atoms with E-state index in [0.717, 1.165) is 0 Å². The summed E-state index contributed by atoms with van der Waals surface area (Å²) in [5.41, 5.74) is 0.765. The van der Waals surface area contributed by atoms with Crippen LogP contribution in [0.15, 0.2) is 72.1 Å². The van der Waals surface area contributed by atoms with E-state index < -0.39 is 5.97 Å². The van der Waals surface area contributed by atoms with Gasteiger partial charge < -0.3 is 4.74 Å². The number of allylic oxidation sites excluding steroid dienone is 1. The van der Waals surface area contributed by atoms with Crippen molar-refractivity contribution in [3.05, 3.63) is 93.9 Å². The van der Waals surface area contributed by atoms with E-state index in [2.05, 4.69) is 0 Å². The minimum absolute atomic E-state index is 0.264. The first-order chi connectivity index (χ1) is 12.1. The van der Waals surface area contributed by atoms with Gasteiger partial charge in [-0.05, 0) is 53.9 Å². The second kappa shape index (κ2) is 7.68. The molecule has 0 aliphatic rings. The molecule has 25 heavy (non-hydrogen) atoms. The molecule has 0 amide bonds. The monoisotopic (exact) mass is 352 g/mol. The Balaban J connectivity index is 1.66. The third-order valence-corrected chi connectivity index (χ3v) is 4.24. The molecule has 0 aliphatic heterocycles. The van der Waals surface area contributed by atoms with Crippen LogP contribution < -0.4 is 4.74 Å². The normalized spacial score (nSPS) is 10.8. The van der Waals surface area contributed by atoms with Crippen molar-refractivity contribution < 1.29 is 18.7 Å². The molecule has 0 aliphatic carbocycles. The van der Waals surface area contributed by atoms with Crippen LogP contribution >= 0.6 is 11.3 Å². The van der Waals surface area contributed by atoms with Gasteiger partial charge in [0.25, 0.3) is 0 Å². The summed E-state index contributed by atoms with van der Waals surface area (Å²) in [5.74, 6) is -0.733. The molecule has 0 bridgehead atoms. The quantitative estimate of drug-likeness (QED) is 0.281. The summed E-state index contributed by atoms with van der Waals surface area (Å²) in [5, 5.41) is 1.79. The van der Waals surface area contributed by atoms with Gasteiger partial charge >= 0.3 is 5.97 Å². The second-order valence-electron chi connectivity index (χ2n) is 5.11. The number of esters is 1. The largest absolute Gasteiger partial charge is 0.422 e. The van der Waals surface area contributed by atoms with Gasteiger partial charge in [0.05, 0.1) is 0 Å². The lowest BCUT2D eigenvalue weighted by Crippen LogP contribution is -2.06. The van der Waals surface area contributed by atoms with Gasteiger partial charge in [-0.1, -0.05) is 24.3 Å². The molecule has 3 aromatic rings. The van der Waals surface area contributed by atoms with Crippen molar-refractivity contribution in [1.82, 2.24) is 0 Å². The zero-order chi connectivity index (χ0) is 17.6. The number of thiophene rings is 1. The van der Waals surface area contributed by atoms with Crippen molar-refractivity contribution in [1.29, 1.82) is 0 Å². The highest BCUT2D eigenvalue weighted by atomic mass is 32.1. The highest BCUT2D eigenvalue weighted by Crippen LogP contribution is 2.17. The summed E-state index contributed by atoms with van der Waals surface area (Å²) >= 11 is 1.30. The molecule has 0 atom stereocenters. The average Bonchev–Trinajstić information content (AvgIpc) is 3.16. The number of benzene rings is 2. The van der Waals surface area contributed by atoms with Gasteiger partial charge in [-0.25, -0.2) is 9.18 Å². The Labute approximate surface area is 148 Å². The van der Waals surface area contributed by atoms with Crippen molar-refractivity contribution in [2.24, 2.45) is 0 Å². The number of carbonyl (C=O) groups is 2. The summed E-state index contributed by atoms with van der Waals surface area (Å²) in [7, 11) is 0. The Hall–Kier alpha value is -3.05. The maximum atomic E-state index is 13.5. The van der Waals surface area contributed by atoms with Crippen molar-refractivity contribution in [2.45, 2.75) is 0 Å². The Kier molecular flexibility index (Phi) is 5.16. The molecule has 0 N–H and O–H groups in total. The number of carbonyl (C=O) groups excluding carboxylic acids is 2. The highest BCUT2D eigenvalue weighted by molar-refractivity contribution is 7.12. The molecule has 1 aromatic heterocycles. The molecule has 3 rings (SSSR count). The molecule has 0 fully saturated rings. The molecule has 0 radical (unpaired) electrons. The molecular formula is C20H13FO3S. The maximum Gasteiger partial charge on any atom is 0.353 e. The van der Waals surface area contributed by atoms with Gasteiger partial charge in [-0.2, -0.15) is 0 Å². The van der Waals surface area contributed by atoms with E-state index in [4.69, 9.17) is 4.74 Å². The van der Waals surface area contributed by atoms with Crippen LogP contribution in [0.3, 0.4) is 0 Å². The smallest absolute Gasteiger partial charge is 0.353 e. The number of hydrogen-bond donors (Lipinski definition) is 0. The van der Waals surface area contributed by atoms with Crippen molar-refractivity contribution in [2.75, 3.05) is 0 Å². The molecule has 124 valence electrons. The van der Waals surface area contributed by atoms with Crippen LogP contribution in [0.5, 0.6) is 5.75 Å². The Morgan fingerprint density at radius 2 is 1.72 bits per heavy atom. The Bertz CT molecular complexity index is 912. The molecule has 0 spiro atoms. The standard InChI is InChI=1S/C20H13FO3S/c21-17-5-2-1-4-14(17)9-12-18(22)15-7-10-16(11-8-15)24-20(23)19-6-3-13-25-19/h1-13H/b12-9+. The van der Waals surface area contributed by atoms with Crippen molar-refractivity contribution >= 4 is 29.2 Å². The first kappa shape index (κ1) is 16.8. The highest BCUT2D eigenvalue weighted by Gasteiger charge is 2.10. The SMILES string of the molecule is O=C(/C=C/c1ccccc1F)c1ccc(OC(=O)c2cccs2)cc1. The van der Waals surface area contributed by atoms with Gasteiger partial charge in [0, 0.05) is 11.1 Å². The first-order valence-corrected chi connectivity index (χ1v) is 8.34. The first-order valence-electron chi connectivity index (χ1n) is 7.46. The topological polar surface area (TPSA) is 43.4 Å². The third kappa shape index (κ3) is 4.28. The van der Waals surface area contributed by atoms with Crippen molar-refractivity contribution in [3.8, 4) is 5.75 Å². The minimum atomic E-state index is -0.437. The third-order valence-electron chi connectivity index (χ3n) is 3.39. The van der Waals surface area contributed by atoms with E-state index in [1.807, 2.05) is 0 Å². The average molecular weight is 352 g/mol. The predicted molar refractivity (Wildman–Crippen MR) is 95.5 cm³/mol. The lowest BCUT2D eigenvalue weighted by Gasteiger charge is -2.03. The molecular weight excluding hydrogens is 339 g/mol. The van der Waals surface area contributed by atoms with Crippen molar-refractivity contribution in [3.63, 3.8) is 0 Å². The summed E-state index contributed by atoms with van der Waals surface area (Å²) in [4.78, 5) is 24.5. The fourth-order valence-corrected chi connectivity index (χ4v) is 2.71. The van der Waals surface area contributed by atoms with E-state index in [9.17, 15) is 14.0 Å². The van der Waals surface area contributed by atoms with Crippen LogP contribution in [0.25, 0.3) is 6.08 Å². The van der Waals surface area contributed by atoms with Gasteiger partial charge in [0.1, 0.15) is 16.4 Å². The van der Waals surface area contributed by atoms with Gasteiger partial charge in [0.15, 0.2) is 5.78 Å². The summed E-state index contributed by atoms with van der Waals surface area (Å²) in [6.45, 7) is 0. The molecule has 5 heteroatoms. The predicted octanol–water partition coefficient (Wildman–Crippen LogP) is 5.00. The van der Waals surface area contributed by atoms with Crippen LogP contribution in [0, 0.1) is 5.82 Å². The number of ketones is 1. The molecule has 0 saturated carbocycles. The summed E-state index contributed by atoms with van der Waals surface area (Å²) in [6.07, 6.45) is 2.74. The van der Waals surface area contributed by atoms with E-state index >= 15 is 0 Å². The number of hydrogen-bond acceptors (Lipinski definition) is 4. The second-order valence-corrected chi connectivity index (χ2v) is 6.06. The fraction of sp³-hybridized carbons (Fsp3) is 0. The number of ether oxygens (including phenoxy) is 1. The fourth-order valence-electron chi connectivity index (χ4n) is 2.11. The van der Waals surface area contributed by atoms with Crippen LogP contribution in [0.1, 0.15) is 25.6 Å². The molecule has 0 unspecified atom stereocenters. The summed E-state index contributed by atoms with van der Waals surface area (Å²) in [6, 6.07) is 15.9. The molecule has 0 saturated heterocycles. The van der Waals surface area contributed by atoms with Crippen LogP contribution in [-0.2, 0) is 0 Å². The van der Waals surface area contributed by atoms with Crippen LogP contribution in [0.4, 0.5) is 4.39 Å². The molecule has 2 aromatic carbocycles. The van der Waals surface area contributed by atoms with E-state index in [1.165, 1.54) is 29.6 Å². The van der Waals surface area contributed by atoms with Crippen LogP contribution in [-0.4, -0.2) is 11.8 Å². The zero-order valence-electron chi connectivity index (χ0n) is 13.0. The van der Waals surface area contributed by atoms with E-state index in [1.54, 1.807) is 60.0 Å². The number of halogens is 1. The lowest BCUT2D eigenvalue weighted by molar-refractivity contribution is 0.0740. The van der Waals surface area contributed by atoms with E-state index in [-0.39, 0.29) is 11.6 Å². The molecule has 3 nitrogen and oxygen atoms in total. The number of rotatable bonds is 5. The Morgan fingerprint density at radius 1 is 0.960 bits per heavy atom. The van der Waals surface area contributed by atoms with Gasteiger partial charge in [0.2, 0.25) is 0 Å². The van der Waals surface area contributed by atoms with E-state index in [0.29, 0.717) is 21.8 Å².